The fourth-order valence-electron chi connectivity index (χ4n) is 1.25. The zero-order valence-electron chi connectivity index (χ0n) is 10.3. The second-order valence-corrected chi connectivity index (χ2v) is 4.63. The van der Waals surface area contributed by atoms with Crippen LogP contribution in [-0.2, 0) is 0 Å². The highest BCUT2D eigenvalue weighted by Gasteiger charge is 2.05. The number of nitrogens with zero attached hydrogens (tertiary/aromatic N) is 3. The van der Waals surface area contributed by atoms with Crippen LogP contribution in [0.3, 0.4) is 0 Å². The first-order valence-electron chi connectivity index (χ1n) is 5.62. The van der Waals surface area contributed by atoms with Gasteiger partial charge in [-0.1, -0.05) is 0 Å². The van der Waals surface area contributed by atoms with Crippen LogP contribution in [0.2, 0.25) is 0 Å². The van der Waals surface area contributed by atoms with Gasteiger partial charge in [-0.2, -0.15) is 4.37 Å². The normalized spacial score (nSPS) is 12.9. The summed E-state index contributed by atoms with van der Waals surface area (Å²) in [6.07, 6.45) is 2.09. The van der Waals surface area contributed by atoms with Gasteiger partial charge >= 0.3 is 0 Å². The molecule has 0 aliphatic heterocycles. The van der Waals surface area contributed by atoms with Gasteiger partial charge in [0.2, 0.25) is 5.88 Å². The molecular weight excluding hydrogens is 240 g/mol. The Morgan fingerprint density at radius 1 is 1.59 bits per heavy atom. The summed E-state index contributed by atoms with van der Waals surface area (Å²) in [5.74, 6) is 0.474. The number of aliphatic hydroxyl groups is 1. The molecule has 6 nitrogen and oxygen atoms in total. The number of nitrogens with one attached hydrogen (secondary N) is 1. The van der Waals surface area contributed by atoms with E-state index in [0.717, 1.165) is 31.2 Å². The summed E-state index contributed by atoms with van der Waals surface area (Å²) in [5, 5.41) is 12.8. The molecular formula is C10H20N4O2S. The first-order valence-corrected chi connectivity index (χ1v) is 6.35. The molecule has 0 saturated heterocycles. The minimum Gasteiger partial charge on any atom is -0.473 e. The third-order valence-electron chi connectivity index (χ3n) is 2.10. The molecule has 98 valence electrons. The van der Waals surface area contributed by atoms with Gasteiger partial charge in [-0.3, -0.25) is 0 Å². The zero-order valence-corrected chi connectivity index (χ0v) is 11.1. The standard InChI is InChI=1S/C10H20N4O2S/c1-14(2)5-3-4-11-6-9(15)8-16-10-7-12-17-13-10/h7,9,11,15H,3-6,8H2,1-2H3. The second-order valence-electron chi connectivity index (χ2n) is 4.07. The predicted molar refractivity (Wildman–Crippen MR) is 67.5 cm³/mol. The van der Waals surface area contributed by atoms with Crippen LogP contribution in [0.5, 0.6) is 5.88 Å². The van der Waals surface area contributed by atoms with Crippen molar-refractivity contribution in [3.05, 3.63) is 6.20 Å². The van der Waals surface area contributed by atoms with Gasteiger partial charge in [0.05, 0.1) is 11.7 Å². The van der Waals surface area contributed by atoms with E-state index in [1.54, 1.807) is 6.20 Å². The Bertz CT molecular complexity index is 282. The number of aliphatic hydroxyl groups excluding tert-OH is 1. The Balaban J connectivity index is 1.96. The highest BCUT2D eigenvalue weighted by Crippen LogP contribution is 2.04. The van der Waals surface area contributed by atoms with E-state index in [1.165, 1.54) is 0 Å². The Morgan fingerprint density at radius 2 is 2.41 bits per heavy atom. The summed E-state index contributed by atoms with van der Waals surface area (Å²) in [7, 11) is 4.09. The molecule has 0 fully saturated rings. The van der Waals surface area contributed by atoms with Crippen LogP contribution in [0.15, 0.2) is 6.20 Å². The molecule has 17 heavy (non-hydrogen) atoms. The lowest BCUT2D eigenvalue weighted by Gasteiger charge is -2.13. The molecule has 0 aliphatic rings. The highest BCUT2D eigenvalue weighted by atomic mass is 32.1. The zero-order chi connectivity index (χ0) is 12.5. The van der Waals surface area contributed by atoms with Gasteiger partial charge in [0.15, 0.2) is 0 Å². The Morgan fingerprint density at radius 3 is 3.06 bits per heavy atom. The topological polar surface area (TPSA) is 70.5 Å². The van der Waals surface area contributed by atoms with Gasteiger partial charge in [-0.25, -0.2) is 0 Å². The van der Waals surface area contributed by atoms with E-state index >= 15 is 0 Å². The monoisotopic (exact) mass is 260 g/mol. The minimum atomic E-state index is -0.518. The van der Waals surface area contributed by atoms with Crippen LogP contribution >= 0.6 is 11.7 Å². The van der Waals surface area contributed by atoms with Crippen LogP contribution in [0, 0.1) is 0 Å². The fourth-order valence-corrected chi connectivity index (χ4v) is 1.61. The molecule has 1 aromatic rings. The van der Waals surface area contributed by atoms with E-state index in [9.17, 15) is 5.11 Å². The Labute approximate surface area is 106 Å². The molecule has 2 N–H and O–H groups in total. The smallest absolute Gasteiger partial charge is 0.245 e. The average molecular weight is 260 g/mol. The van der Waals surface area contributed by atoms with Crippen molar-refractivity contribution in [3.8, 4) is 5.88 Å². The van der Waals surface area contributed by atoms with Crippen molar-refractivity contribution in [3.63, 3.8) is 0 Å². The van der Waals surface area contributed by atoms with E-state index < -0.39 is 6.10 Å². The summed E-state index contributed by atoms with van der Waals surface area (Å²) in [4.78, 5) is 2.14. The van der Waals surface area contributed by atoms with Gasteiger partial charge in [0, 0.05) is 6.54 Å². The quantitative estimate of drug-likeness (QED) is 0.600. The lowest BCUT2D eigenvalue weighted by molar-refractivity contribution is 0.104. The second kappa shape index (κ2) is 8.35. The van der Waals surface area contributed by atoms with Crippen LogP contribution in [0.4, 0.5) is 0 Å². The van der Waals surface area contributed by atoms with Gasteiger partial charge in [-0.15, -0.1) is 4.37 Å². The molecule has 0 amide bonds. The number of hydrogen-bond donors (Lipinski definition) is 2. The van der Waals surface area contributed by atoms with E-state index in [-0.39, 0.29) is 6.61 Å². The molecule has 0 spiro atoms. The number of hydrogen-bond acceptors (Lipinski definition) is 7. The first kappa shape index (κ1) is 14.3. The van der Waals surface area contributed by atoms with Crippen LogP contribution in [-0.4, -0.2) is 65.2 Å². The van der Waals surface area contributed by atoms with E-state index in [4.69, 9.17) is 4.74 Å². The summed E-state index contributed by atoms with van der Waals surface area (Å²) in [6, 6.07) is 0. The average Bonchev–Trinajstić information content (AvgIpc) is 2.78. The lowest BCUT2D eigenvalue weighted by Crippen LogP contribution is -2.32. The van der Waals surface area contributed by atoms with Gasteiger partial charge < -0.3 is 20.1 Å². The van der Waals surface area contributed by atoms with E-state index in [0.29, 0.717) is 12.4 Å². The van der Waals surface area contributed by atoms with E-state index in [2.05, 4.69) is 19.0 Å². The third kappa shape index (κ3) is 7.22. The van der Waals surface area contributed by atoms with Gasteiger partial charge in [0.25, 0.3) is 0 Å². The molecule has 1 atom stereocenters. The van der Waals surface area contributed by atoms with Crippen LogP contribution < -0.4 is 10.1 Å². The Hall–Kier alpha value is -0.760. The predicted octanol–water partition coefficient (Wildman–Crippen LogP) is -0.181. The molecule has 0 saturated carbocycles. The molecule has 1 heterocycles. The highest BCUT2D eigenvalue weighted by molar-refractivity contribution is 6.99. The maximum absolute atomic E-state index is 9.61. The van der Waals surface area contributed by atoms with Crippen molar-refractivity contribution < 1.29 is 9.84 Å². The number of rotatable bonds is 9. The van der Waals surface area contributed by atoms with Crippen molar-refractivity contribution in [1.29, 1.82) is 0 Å². The van der Waals surface area contributed by atoms with E-state index in [1.807, 2.05) is 14.1 Å². The molecule has 1 rings (SSSR count). The molecule has 0 radical (unpaired) electrons. The molecule has 0 aromatic carbocycles. The number of ether oxygens (including phenoxy) is 1. The largest absolute Gasteiger partial charge is 0.473 e. The summed E-state index contributed by atoms with van der Waals surface area (Å²) in [6.45, 7) is 2.72. The van der Waals surface area contributed by atoms with Crippen molar-refractivity contribution in [2.24, 2.45) is 0 Å². The van der Waals surface area contributed by atoms with Gasteiger partial charge in [0.1, 0.15) is 18.9 Å². The van der Waals surface area contributed by atoms with Crippen molar-refractivity contribution in [1.82, 2.24) is 19.0 Å². The Kier molecular flexibility index (Phi) is 7.02. The molecule has 0 bridgehead atoms. The molecule has 1 aromatic heterocycles. The molecule has 1 unspecified atom stereocenters. The molecule has 0 aliphatic carbocycles. The summed E-state index contributed by atoms with van der Waals surface area (Å²) in [5.41, 5.74) is 0. The van der Waals surface area contributed by atoms with Crippen molar-refractivity contribution >= 4 is 11.7 Å². The lowest BCUT2D eigenvalue weighted by atomic mass is 10.3. The fraction of sp³-hybridized carbons (Fsp3) is 0.800. The first-order chi connectivity index (χ1) is 8.18. The SMILES string of the molecule is CN(C)CCCNCC(O)COc1cnsn1. The molecule has 7 heteroatoms. The third-order valence-corrected chi connectivity index (χ3v) is 2.56. The maximum atomic E-state index is 9.61. The van der Waals surface area contributed by atoms with Crippen molar-refractivity contribution in [2.75, 3.05) is 40.3 Å². The minimum absolute atomic E-state index is 0.242. The van der Waals surface area contributed by atoms with Crippen LogP contribution in [0.25, 0.3) is 0 Å². The van der Waals surface area contributed by atoms with Crippen LogP contribution in [0.1, 0.15) is 6.42 Å². The van der Waals surface area contributed by atoms with Gasteiger partial charge in [-0.05, 0) is 33.6 Å². The summed E-state index contributed by atoms with van der Waals surface area (Å²) >= 11 is 1.09. The van der Waals surface area contributed by atoms with Crippen molar-refractivity contribution in [2.45, 2.75) is 12.5 Å². The summed E-state index contributed by atoms with van der Waals surface area (Å²) < 4.78 is 12.9. The number of aromatic nitrogens is 2. The maximum Gasteiger partial charge on any atom is 0.245 e.